The number of nitrogen functional groups attached to an aromatic ring is 1. The number of hydrogen-bond donors (Lipinski definition) is 1. The Labute approximate surface area is 199 Å². The lowest BCUT2D eigenvalue weighted by atomic mass is 9.95. The molecule has 5 heteroatoms. The standard InChI is InChI=1S/C29H28N2O3/c1-3-33-28(32)17-21-6-4-5-7-26(21)34-27-11-10-23-18(2)14-22(16-25(23)27)20-9-8-19-12-13-31-29(30)24(19)15-20/h4-9,12-16,27H,3,10-11,17H2,1-2H3,(H2,30,31). The van der Waals surface area contributed by atoms with Gasteiger partial charge in [0.1, 0.15) is 17.7 Å². The van der Waals surface area contributed by atoms with Crippen LogP contribution in [0.4, 0.5) is 5.82 Å². The molecular formula is C29H28N2O3. The Bertz CT molecular complexity index is 1380. The van der Waals surface area contributed by atoms with E-state index < -0.39 is 0 Å². The second kappa shape index (κ2) is 9.18. The zero-order chi connectivity index (χ0) is 23.7. The monoisotopic (exact) mass is 452 g/mol. The number of aromatic nitrogens is 1. The van der Waals surface area contributed by atoms with Gasteiger partial charge in [-0.15, -0.1) is 0 Å². The second-order valence-electron chi connectivity index (χ2n) is 8.73. The highest BCUT2D eigenvalue weighted by molar-refractivity contribution is 5.94. The Kier molecular flexibility index (Phi) is 5.93. The highest BCUT2D eigenvalue weighted by atomic mass is 16.5. The summed E-state index contributed by atoms with van der Waals surface area (Å²) < 4.78 is 11.6. The minimum absolute atomic E-state index is 0.0656. The van der Waals surface area contributed by atoms with Crippen molar-refractivity contribution in [3.8, 4) is 16.9 Å². The SMILES string of the molecule is CCOC(=O)Cc1ccccc1OC1CCc2c(C)cc(-c3ccc4ccnc(N)c4c3)cc21. The molecule has 0 spiro atoms. The molecule has 0 bridgehead atoms. The lowest BCUT2D eigenvalue weighted by Gasteiger charge is -2.19. The first-order valence-electron chi connectivity index (χ1n) is 11.7. The summed E-state index contributed by atoms with van der Waals surface area (Å²) in [6, 6.07) is 20.5. The van der Waals surface area contributed by atoms with Gasteiger partial charge in [0.05, 0.1) is 13.0 Å². The highest BCUT2D eigenvalue weighted by Crippen LogP contribution is 2.40. The summed E-state index contributed by atoms with van der Waals surface area (Å²) in [6.45, 7) is 4.35. The zero-order valence-electron chi connectivity index (χ0n) is 19.5. The molecule has 1 aromatic heterocycles. The molecular weight excluding hydrogens is 424 g/mol. The van der Waals surface area contributed by atoms with Crippen LogP contribution in [0.3, 0.4) is 0 Å². The van der Waals surface area contributed by atoms with Gasteiger partial charge in [-0.3, -0.25) is 4.79 Å². The number of ether oxygens (including phenoxy) is 2. The highest BCUT2D eigenvalue weighted by Gasteiger charge is 2.27. The van der Waals surface area contributed by atoms with Gasteiger partial charge in [-0.05, 0) is 84.2 Å². The summed E-state index contributed by atoms with van der Waals surface area (Å²) in [4.78, 5) is 16.3. The van der Waals surface area contributed by atoms with E-state index in [1.807, 2.05) is 37.3 Å². The van der Waals surface area contributed by atoms with Crippen LogP contribution < -0.4 is 10.5 Å². The number of carbonyl (C=O) groups excluding carboxylic acids is 1. The number of nitrogens with two attached hydrogens (primary N) is 1. The van der Waals surface area contributed by atoms with E-state index in [2.05, 4.69) is 42.2 Å². The van der Waals surface area contributed by atoms with Gasteiger partial charge < -0.3 is 15.2 Å². The molecule has 4 aromatic rings. The topological polar surface area (TPSA) is 74.4 Å². The third-order valence-corrected chi connectivity index (χ3v) is 6.52. The summed E-state index contributed by atoms with van der Waals surface area (Å²) in [5.74, 6) is 1.03. The van der Waals surface area contributed by atoms with Crippen molar-refractivity contribution in [2.24, 2.45) is 0 Å². The number of hydrogen-bond acceptors (Lipinski definition) is 5. The number of pyridine rings is 1. The van der Waals surface area contributed by atoms with Crippen LogP contribution in [-0.2, 0) is 22.4 Å². The van der Waals surface area contributed by atoms with Gasteiger partial charge in [-0.1, -0.05) is 36.4 Å². The fourth-order valence-electron chi connectivity index (χ4n) is 4.85. The molecule has 0 amide bonds. The predicted molar refractivity (Wildman–Crippen MR) is 135 cm³/mol. The van der Waals surface area contributed by atoms with Crippen LogP contribution in [0.1, 0.15) is 41.7 Å². The number of nitrogens with zero attached hydrogens (tertiary/aromatic N) is 1. The first-order valence-corrected chi connectivity index (χ1v) is 11.7. The van der Waals surface area contributed by atoms with Crippen LogP contribution in [0.5, 0.6) is 5.75 Å². The van der Waals surface area contributed by atoms with Gasteiger partial charge in [-0.2, -0.15) is 0 Å². The fraction of sp³-hybridized carbons (Fsp3) is 0.241. The lowest BCUT2D eigenvalue weighted by molar-refractivity contribution is -0.142. The second-order valence-corrected chi connectivity index (χ2v) is 8.73. The Morgan fingerprint density at radius 2 is 1.94 bits per heavy atom. The molecule has 172 valence electrons. The average Bonchev–Trinajstić information content (AvgIpc) is 3.24. The van der Waals surface area contributed by atoms with Crippen molar-refractivity contribution in [3.05, 3.63) is 89.1 Å². The summed E-state index contributed by atoms with van der Waals surface area (Å²) in [6.07, 6.45) is 3.75. The number of fused-ring (bicyclic) bond motifs is 2. The molecule has 0 fully saturated rings. The number of aryl methyl sites for hydroxylation is 1. The van der Waals surface area contributed by atoms with Crippen molar-refractivity contribution < 1.29 is 14.3 Å². The predicted octanol–water partition coefficient (Wildman–Crippen LogP) is 5.96. The molecule has 2 N–H and O–H groups in total. The van der Waals surface area contributed by atoms with Crippen molar-refractivity contribution in [2.75, 3.05) is 12.3 Å². The Morgan fingerprint density at radius 3 is 2.79 bits per heavy atom. The maximum atomic E-state index is 12.1. The van der Waals surface area contributed by atoms with E-state index in [0.717, 1.165) is 46.1 Å². The summed E-state index contributed by atoms with van der Waals surface area (Å²) in [5, 5.41) is 2.03. The van der Waals surface area contributed by atoms with Crippen molar-refractivity contribution in [1.82, 2.24) is 4.98 Å². The van der Waals surface area contributed by atoms with Crippen LogP contribution in [0, 0.1) is 6.92 Å². The molecule has 5 rings (SSSR count). The molecule has 1 aliphatic rings. The number of carbonyl (C=O) groups is 1. The fourth-order valence-corrected chi connectivity index (χ4v) is 4.85. The number of esters is 1. The number of benzene rings is 3. The smallest absolute Gasteiger partial charge is 0.310 e. The summed E-state index contributed by atoms with van der Waals surface area (Å²) in [5.41, 5.74) is 13.0. The number of anilines is 1. The molecule has 1 atom stereocenters. The number of rotatable bonds is 6. The van der Waals surface area contributed by atoms with Crippen LogP contribution in [0.25, 0.3) is 21.9 Å². The van der Waals surface area contributed by atoms with E-state index in [1.165, 1.54) is 16.7 Å². The normalized spacial score (nSPS) is 14.7. The molecule has 0 radical (unpaired) electrons. The van der Waals surface area contributed by atoms with E-state index in [9.17, 15) is 4.79 Å². The minimum atomic E-state index is -0.242. The maximum absolute atomic E-state index is 12.1. The van der Waals surface area contributed by atoms with Crippen molar-refractivity contribution in [2.45, 2.75) is 39.2 Å². The van der Waals surface area contributed by atoms with Gasteiger partial charge in [-0.25, -0.2) is 4.98 Å². The van der Waals surface area contributed by atoms with E-state index in [0.29, 0.717) is 12.4 Å². The van der Waals surface area contributed by atoms with Crippen molar-refractivity contribution in [1.29, 1.82) is 0 Å². The van der Waals surface area contributed by atoms with E-state index in [-0.39, 0.29) is 18.5 Å². The molecule has 34 heavy (non-hydrogen) atoms. The molecule has 0 saturated carbocycles. The lowest BCUT2D eigenvalue weighted by Crippen LogP contribution is -2.10. The zero-order valence-corrected chi connectivity index (χ0v) is 19.5. The number of para-hydroxylation sites is 1. The molecule has 1 unspecified atom stereocenters. The van der Waals surface area contributed by atoms with Crippen LogP contribution in [0.2, 0.25) is 0 Å². The minimum Gasteiger partial charge on any atom is -0.485 e. The van der Waals surface area contributed by atoms with E-state index in [1.54, 1.807) is 6.20 Å². The Hall–Kier alpha value is -3.86. The largest absolute Gasteiger partial charge is 0.485 e. The van der Waals surface area contributed by atoms with Gasteiger partial charge in [0.2, 0.25) is 0 Å². The molecule has 1 aliphatic carbocycles. The maximum Gasteiger partial charge on any atom is 0.310 e. The summed E-state index contributed by atoms with van der Waals surface area (Å²) in [7, 11) is 0. The van der Waals surface area contributed by atoms with Crippen molar-refractivity contribution in [3.63, 3.8) is 0 Å². The third kappa shape index (κ3) is 4.21. The molecule has 1 heterocycles. The van der Waals surface area contributed by atoms with E-state index in [4.69, 9.17) is 15.2 Å². The first-order chi connectivity index (χ1) is 16.5. The van der Waals surface area contributed by atoms with Crippen molar-refractivity contribution >= 4 is 22.6 Å². The van der Waals surface area contributed by atoms with Gasteiger partial charge in [0.15, 0.2) is 0 Å². The quantitative estimate of drug-likeness (QED) is 0.365. The van der Waals surface area contributed by atoms with Crippen LogP contribution in [-0.4, -0.2) is 17.6 Å². The Balaban J connectivity index is 1.48. The molecule has 3 aromatic carbocycles. The van der Waals surface area contributed by atoms with Gasteiger partial charge >= 0.3 is 5.97 Å². The van der Waals surface area contributed by atoms with E-state index >= 15 is 0 Å². The summed E-state index contributed by atoms with van der Waals surface area (Å²) >= 11 is 0. The average molecular weight is 453 g/mol. The first kappa shape index (κ1) is 22.0. The van der Waals surface area contributed by atoms with Gasteiger partial charge in [0, 0.05) is 17.1 Å². The van der Waals surface area contributed by atoms with Crippen LogP contribution >= 0.6 is 0 Å². The van der Waals surface area contributed by atoms with Gasteiger partial charge in [0.25, 0.3) is 0 Å². The molecule has 0 aliphatic heterocycles. The third-order valence-electron chi connectivity index (χ3n) is 6.52. The molecule has 5 nitrogen and oxygen atoms in total. The van der Waals surface area contributed by atoms with Crippen LogP contribution in [0.15, 0.2) is 66.9 Å². The molecule has 0 saturated heterocycles. The Morgan fingerprint density at radius 1 is 1.09 bits per heavy atom.